The normalized spacial score (nSPS) is 11.8. The van der Waals surface area contributed by atoms with E-state index in [2.05, 4.69) is 0 Å². The number of nitrogens with two attached hydrogens (primary N) is 1. The molecule has 0 aliphatic rings. The molecule has 2 nitrogen and oxygen atoms in total. The van der Waals surface area contributed by atoms with Crippen LogP contribution in [0.15, 0.2) is 12.1 Å². The van der Waals surface area contributed by atoms with Gasteiger partial charge in [-0.2, -0.15) is 0 Å². The zero-order valence-electron chi connectivity index (χ0n) is 9.47. The molecule has 0 aliphatic carbocycles. The van der Waals surface area contributed by atoms with E-state index in [4.69, 9.17) is 17.3 Å². The monoisotopic (exact) mass is 227 g/mol. The summed E-state index contributed by atoms with van der Waals surface area (Å²) in [4.78, 5) is 0. The fourth-order valence-corrected chi connectivity index (χ4v) is 1.81. The molecule has 0 saturated heterocycles. The van der Waals surface area contributed by atoms with Crippen molar-refractivity contribution >= 4 is 11.6 Å². The predicted octanol–water partition coefficient (Wildman–Crippen LogP) is 2.84. The van der Waals surface area contributed by atoms with Gasteiger partial charge in [0.05, 0.1) is 0 Å². The van der Waals surface area contributed by atoms with Crippen molar-refractivity contribution < 1.29 is 5.11 Å². The first-order valence-electron chi connectivity index (χ1n) is 5.08. The maximum absolute atomic E-state index is 10.1. The second kappa shape index (κ2) is 4.42. The first-order valence-corrected chi connectivity index (χ1v) is 5.46. The molecule has 0 unspecified atom stereocenters. The third kappa shape index (κ3) is 2.86. The van der Waals surface area contributed by atoms with E-state index in [0.717, 1.165) is 11.1 Å². The van der Waals surface area contributed by atoms with Gasteiger partial charge in [-0.3, -0.25) is 0 Å². The van der Waals surface area contributed by atoms with E-state index >= 15 is 0 Å². The van der Waals surface area contributed by atoms with Gasteiger partial charge in [0.25, 0.3) is 0 Å². The molecule has 0 aliphatic heterocycles. The van der Waals surface area contributed by atoms with Gasteiger partial charge < -0.3 is 10.8 Å². The highest BCUT2D eigenvalue weighted by Gasteiger charge is 2.20. The summed E-state index contributed by atoms with van der Waals surface area (Å²) < 4.78 is 0. The molecule has 84 valence electrons. The number of rotatable bonds is 2. The van der Waals surface area contributed by atoms with Crippen molar-refractivity contribution in [3.05, 3.63) is 28.3 Å². The van der Waals surface area contributed by atoms with Gasteiger partial charge in [0, 0.05) is 10.6 Å². The van der Waals surface area contributed by atoms with Gasteiger partial charge in [0.2, 0.25) is 0 Å². The highest BCUT2D eigenvalue weighted by Crippen LogP contribution is 2.35. The standard InChI is InChI=1S/C12H18ClNO/c1-12(2,3)10-7-9(13)6-8(4-5-14)11(10)15/h6-7,15H,4-5,14H2,1-3H3. The molecule has 0 atom stereocenters. The fourth-order valence-electron chi connectivity index (χ4n) is 1.57. The van der Waals surface area contributed by atoms with Crippen LogP contribution in [0.25, 0.3) is 0 Å². The van der Waals surface area contributed by atoms with Crippen LogP contribution in [-0.4, -0.2) is 11.7 Å². The van der Waals surface area contributed by atoms with E-state index in [1.807, 2.05) is 26.8 Å². The number of phenolic OH excluding ortho intramolecular Hbond substituents is 1. The number of benzene rings is 1. The Balaban J connectivity index is 3.28. The number of hydrogen-bond donors (Lipinski definition) is 2. The largest absolute Gasteiger partial charge is 0.507 e. The highest BCUT2D eigenvalue weighted by molar-refractivity contribution is 6.30. The third-order valence-corrected chi connectivity index (χ3v) is 2.59. The van der Waals surface area contributed by atoms with E-state index in [0.29, 0.717) is 23.7 Å². The lowest BCUT2D eigenvalue weighted by Crippen LogP contribution is -2.13. The summed E-state index contributed by atoms with van der Waals surface area (Å²) in [5, 5.41) is 10.7. The van der Waals surface area contributed by atoms with E-state index in [-0.39, 0.29) is 5.41 Å². The van der Waals surface area contributed by atoms with Crippen molar-refractivity contribution in [2.45, 2.75) is 32.6 Å². The number of aromatic hydroxyl groups is 1. The Hall–Kier alpha value is -0.730. The van der Waals surface area contributed by atoms with Gasteiger partial charge in [-0.05, 0) is 36.1 Å². The van der Waals surface area contributed by atoms with E-state index < -0.39 is 0 Å². The summed E-state index contributed by atoms with van der Waals surface area (Å²) in [6, 6.07) is 3.59. The summed E-state index contributed by atoms with van der Waals surface area (Å²) in [6.45, 7) is 6.65. The molecule has 3 heteroatoms. The lowest BCUT2D eigenvalue weighted by molar-refractivity contribution is 0.440. The second-order valence-corrected chi connectivity index (χ2v) is 5.19. The molecule has 0 bridgehead atoms. The molecule has 0 radical (unpaired) electrons. The molecule has 0 amide bonds. The lowest BCUT2D eigenvalue weighted by Gasteiger charge is -2.22. The Morgan fingerprint density at radius 1 is 1.33 bits per heavy atom. The van der Waals surface area contributed by atoms with Crippen LogP contribution in [0.4, 0.5) is 0 Å². The minimum absolute atomic E-state index is 0.113. The fraction of sp³-hybridized carbons (Fsp3) is 0.500. The van der Waals surface area contributed by atoms with Gasteiger partial charge in [-0.15, -0.1) is 0 Å². The van der Waals surface area contributed by atoms with Crippen LogP contribution in [-0.2, 0) is 11.8 Å². The Morgan fingerprint density at radius 2 is 1.93 bits per heavy atom. The van der Waals surface area contributed by atoms with Crippen LogP contribution in [0.3, 0.4) is 0 Å². The quantitative estimate of drug-likeness (QED) is 0.816. The van der Waals surface area contributed by atoms with Gasteiger partial charge >= 0.3 is 0 Å². The lowest BCUT2D eigenvalue weighted by atomic mass is 9.85. The molecule has 1 rings (SSSR count). The molecule has 1 aromatic rings. The molecule has 0 heterocycles. The Morgan fingerprint density at radius 3 is 2.40 bits per heavy atom. The van der Waals surface area contributed by atoms with Gasteiger partial charge in [0.1, 0.15) is 5.75 Å². The minimum atomic E-state index is -0.113. The van der Waals surface area contributed by atoms with Crippen LogP contribution in [0.1, 0.15) is 31.9 Å². The molecule has 15 heavy (non-hydrogen) atoms. The van der Waals surface area contributed by atoms with Gasteiger partial charge in [-0.25, -0.2) is 0 Å². The van der Waals surface area contributed by atoms with Crippen LogP contribution < -0.4 is 5.73 Å². The molecule has 0 aromatic heterocycles. The average Bonchev–Trinajstić information content (AvgIpc) is 2.09. The van der Waals surface area contributed by atoms with Crippen molar-refractivity contribution in [1.29, 1.82) is 0 Å². The van der Waals surface area contributed by atoms with Crippen LogP contribution >= 0.6 is 11.6 Å². The Labute approximate surface area is 96.1 Å². The first-order chi connectivity index (χ1) is 6.86. The molecule has 0 spiro atoms. The van der Waals surface area contributed by atoms with E-state index in [1.54, 1.807) is 6.07 Å². The zero-order valence-corrected chi connectivity index (χ0v) is 10.2. The maximum Gasteiger partial charge on any atom is 0.122 e. The zero-order chi connectivity index (χ0) is 11.6. The molecular weight excluding hydrogens is 210 g/mol. The molecule has 0 saturated carbocycles. The predicted molar refractivity (Wildman–Crippen MR) is 64.6 cm³/mol. The van der Waals surface area contributed by atoms with E-state index in [9.17, 15) is 5.11 Å². The smallest absolute Gasteiger partial charge is 0.122 e. The van der Waals surface area contributed by atoms with Gasteiger partial charge in [-0.1, -0.05) is 32.4 Å². The molecule has 0 fully saturated rings. The Bertz CT molecular complexity index is 355. The molecule has 1 aromatic carbocycles. The third-order valence-electron chi connectivity index (χ3n) is 2.38. The number of phenols is 1. The van der Waals surface area contributed by atoms with Crippen LogP contribution in [0.5, 0.6) is 5.75 Å². The summed E-state index contributed by atoms with van der Waals surface area (Å²) in [5.74, 6) is 0.331. The molecular formula is C12H18ClNO. The minimum Gasteiger partial charge on any atom is -0.507 e. The molecule has 3 N–H and O–H groups in total. The SMILES string of the molecule is CC(C)(C)c1cc(Cl)cc(CCN)c1O. The van der Waals surface area contributed by atoms with Crippen LogP contribution in [0.2, 0.25) is 5.02 Å². The average molecular weight is 228 g/mol. The number of halogens is 1. The van der Waals surface area contributed by atoms with Crippen molar-refractivity contribution in [1.82, 2.24) is 0 Å². The van der Waals surface area contributed by atoms with Crippen molar-refractivity contribution in [3.8, 4) is 5.75 Å². The first kappa shape index (κ1) is 12.3. The number of hydrogen-bond acceptors (Lipinski definition) is 2. The second-order valence-electron chi connectivity index (χ2n) is 4.75. The Kier molecular flexibility index (Phi) is 3.63. The summed E-state index contributed by atoms with van der Waals surface area (Å²) in [6.07, 6.45) is 0.648. The van der Waals surface area contributed by atoms with E-state index in [1.165, 1.54) is 0 Å². The maximum atomic E-state index is 10.1. The summed E-state index contributed by atoms with van der Waals surface area (Å²) in [5.41, 5.74) is 7.07. The van der Waals surface area contributed by atoms with Crippen molar-refractivity contribution in [2.75, 3.05) is 6.54 Å². The summed E-state index contributed by atoms with van der Waals surface area (Å²) >= 11 is 6.01. The van der Waals surface area contributed by atoms with Crippen molar-refractivity contribution in [2.24, 2.45) is 5.73 Å². The highest BCUT2D eigenvalue weighted by atomic mass is 35.5. The van der Waals surface area contributed by atoms with Gasteiger partial charge in [0.15, 0.2) is 0 Å². The van der Waals surface area contributed by atoms with Crippen LogP contribution in [0, 0.1) is 0 Å². The summed E-state index contributed by atoms with van der Waals surface area (Å²) in [7, 11) is 0. The van der Waals surface area contributed by atoms with Crippen molar-refractivity contribution in [3.63, 3.8) is 0 Å². The topological polar surface area (TPSA) is 46.2 Å².